The molecule has 254 valence electrons. The Morgan fingerprint density at radius 1 is 0.980 bits per heavy atom. The van der Waals surface area contributed by atoms with Crippen LogP contribution in [0.25, 0.3) is 0 Å². The molecule has 0 radical (unpaired) electrons. The average molecular weight is 669 g/mol. The largest absolute Gasteiger partial charge is 0.463 e. The molecule has 1 aliphatic rings. The first kappa shape index (κ1) is 34.3. The number of hydrogen-bond donors (Lipinski definition) is 2. The molecule has 1 aliphatic heterocycles. The molecule has 2 atom stereocenters. The van der Waals surface area contributed by atoms with Gasteiger partial charge in [-0.3, -0.25) is 14.9 Å². The number of nitrogens with one attached hydrogen (secondary N) is 2. The third-order valence-electron chi connectivity index (χ3n) is 8.01. The first-order valence-corrected chi connectivity index (χ1v) is 15.6. The van der Waals surface area contributed by atoms with Crippen molar-refractivity contribution in [1.82, 2.24) is 24.8 Å². The number of aromatic amines is 1. The highest BCUT2D eigenvalue weighted by atomic mass is 16.6. The van der Waals surface area contributed by atoms with Crippen LogP contribution >= 0.6 is 0 Å². The van der Waals surface area contributed by atoms with Crippen molar-refractivity contribution < 1.29 is 33.5 Å². The number of imidazole rings is 2. The highest BCUT2D eigenvalue weighted by Gasteiger charge is 2.38. The number of H-pyrrole nitrogens is 1. The fraction of sp³-hybridized carbons (Fsp3) is 0.286. The molecule has 14 nitrogen and oxygen atoms in total. The second-order valence-electron chi connectivity index (χ2n) is 11.2. The normalized spacial score (nSPS) is 15.0. The van der Waals surface area contributed by atoms with E-state index in [4.69, 9.17) is 14.2 Å². The van der Waals surface area contributed by atoms with Crippen LogP contribution in [0.2, 0.25) is 0 Å². The van der Waals surface area contributed by atoms with E-state index in [-0.39, 0.29) is 49.1 Å². The number of non-ortho nitro benzene ring substituents is 1. The summed E-state index contributed by atoms with van der Waals surface area (Å²) in [7, 11) is 0. The number of nitro groups is 1. The molecule has 2 N–H and O–H groups in total. The topological polar surface area (TPSA) is 181 Å². The van der Waals surface area contributed by atoms with Crippen LogP contribution in [0.5, 0.6) is 0 Å². The van der Waals surface area contributed by atoms with E-state index >= 15 is 0 Å². The highest BCUT2D eigenvalue weighted by molar-refractivity contribution is 6.00. The number of nitrogens with zero attached hydrogens (tertiary/aromatic N) is 4. The van der Waals surface area contributed by atoms with Crippen molar-refractivity contribution in [1.29, 1.82) is 0 Å². The summed E-state index contributed by atoms with van der Waals surface area (Å²) in [6.07, 6.45) is 9.14. The summed E-state index contributed by atoms with van der Waals surface area (Å²) in [5.74, 6) is -2.12. The molecule has 2 aromatic heterocycles. The van der Waals surface area contributed by atoms with Gasteiger partial charge in [0.1, 0.15) is 19.0 Å². The molecule has 0 bridgehead atoms. The maximum absolute atomic E-state index is 13.5. The zero-order chi connectivity index (χ0) is 34.9. The number of benzene rings is 2. The number of esters is 3. The Kier molecular flexibility index (Phi) is 11.0. The second-order valence-corrected chi connectivity index (χ2v) is 11.2. The van der Waals surface area contributed by atoms with Crippen molar-refractivity contribution in [3.05, 3.63) is 135 Å². The van der Waals surface area contributed by atoms with Crippen LogP contribution in [0.1, 0.15) is 61.7 Å². The van der Waals surface area contributed by atoms with Crippen LogP contribution < -0.4 is 5.32 Å². The molecule has 0 amide bonds. The molecule has 0 fully saturated rings. The van der Waals surface area contributed by atoms with Gasteiger partial charge >= 0.3 is 17.9 Å². The van der Waals surface area contributed by atoms with Crippen molar-refractivity contribution in [2.45, 2.75) is 45.6 Å². The fourth-order valence-electron chi connectivity index (χ4n) is 5.77. The van der Waals surface area contributed by atoms with Gasteiger partial charge < -0.3 is 29.1 Å². The van der Waals surface area contributed by atoms with Gasteiger partial charge in [0.2, 0.25) is 0 Å². The molecule has 2 aromatic carbocycles. The molecule has 2 unspecified atom stereocenters. The zero-order valence-electron chi connectivity index (χ0n) is 27.3. The summed E-state index contributed by atoms with van der Waals surface area (Å²) in [6.45, 7) is 4.56. The molecule has 4 aromatic rings. The summed E-state index contributed by atoms with van der Waals surface area (Å²) in [5, 5.41) is 14.6. The predicted molar refractivity (Wildman–Crippen MR) is 176 cm³/mol. The van der Waals surface area contributed by atoms with E-state index in [1.54, 1.807) is 58.0 Å². The Bertz CT molecular complexity index is 1860. The van der Waals surface area contributed by atoms with Gasteiger partial charge in [-0.15, -0.1) is 0 Å². The van der Waals surface area contributed by atoms with E-state index in [0.717, 1.165) is 17.0 Å². The van der Waals surface area contributed by atoms with Crippen molar-refractivity contribution in [2.75, 3.05) is 19.8 Å². The van der Waals surface area contributed by atoms with Gasteiger partial charge in [0.25, 0.3) is 5.69 Å². The molecule has 0 saturated heterocycles. The van der Waals surface area contributed by atoms with Crippen molar-refractivity contribution in [3.8, 4) is 0 Å². The van der Waals surface area contributed by atoms with Gasteiger partial charge in [0.05, 0.1) is 47.4 Å². The molecular weight excluding hydrogens is 632 g/mol. The van der Waals surface area contributed by atoms with E-state index in [2.05, 4.69) is 20.3 Å². The number of aromatic nitrogens is 4. The average Bonchev–Trinajstić information content (AvgIpc) is 3.81. The number of nitro benzene ring substituents is 1. The number of dihydropyridines is 1. The minimum Gasteiger partial charge on any atom is -0.463 e. The second kappa shape index (κ2) is 15.7. The molecule has 0 aliphatic carbocycles. The monoisotopic (exact) mass is 668 g/mol. The molecule has 0 saturated carbocycles. The van der Waals surface area contributed by atoms with Crippen LogP contribution in [0.15, 0.2) is 102 Å². The van der Waals surface area contributed by atoms with E-state index in [0.29, 0.717) is 23.4 Å². The maximum atomic E-state index is 13.5. The number of hydrogen-bond acceptors (Lipinski definition) is 11. The Morgan fingerprint density at radius 2 is 1.69 bits per heavy atom. The highest BCUT2D eigenvalue weighted by Crippen LogP contribution is 2.40. The quantitative estimate of drug-likeness (QED) is 0.0627. The first-order chi connectivity index (χ1) is 23.7. The lowest BCUT2D eigenvalue weighted by Crippen LogP contribution is -2.33. The molecule has 49 heavy (non-hydrogen) atoms. The van der Waals surface area contributed by atoms with E-state index in [9.17, 15) is 24.5 Å². The third-order valence-corrected chi connectivity index (χ3v) is 8.01. The SMILES string of the molecule is CCOC(=O)C1=C(C)NC(C)=C(C(=O)OCCOC(=O)CC(c2ccc(Cc3ncc[nH]3)cc2)n2ccnc2)C1c1cccc([N+](=O)[O-])c1. The van der Waals surface area contributed by atoms with E-state index in [1.807, 2.05) is 28.8 Å². The molecular formula is C35H36N6O8. The summed E-state index contributed by atoms with van der Waals surface area (Å²) < 4.78 is 18.1. The molecule has 3 heterocycles. The van der Waals surface area contributed by atoms with Crippen molar-refractivity contribution >= 4 is 23.6 Å². The number of ether oxygens (including phenoxy) is 3. The molecule has 14 heteroatoms. The third kappa shape index (κ3) is 8.27. The van der Waals surface area contributed by atoms with Gasteiger partial charge in [-0.05, 0) is 37.5 Å². The smallest absolute Gasteiger partial charge is 0.336 e. The van der Waals surface area contributed by atoms with Gasteiger partial charge in [-0.2, -0.15) is 0 Å². The minimum absolute atomic E-state index is 0.00213. The summed E-state index contributed by atoms with van der Waals surface area (Å²) in [6, 6.07) is 13.2. The molecule has 5 rings (SSSR count). The number of carbonyl (C=O) groups excluding carboxylic acids is 3. The van der Waals surface area contributed by atoms with Crippen molar-refractivity contribution in [2.24, 2.45) is 0 Å². The van der Waals surface area contributed by atoms with Gasteiger partial charge in [-0.25, -0.2) is 19.6 Å². The Labute approximate surface area is 282 Å². The first-order valence-electron chi connectivity index (χ1n) is 15.6. The number of allylic oxidation sites excluding steroid dienone is 2. The van der Waals surface area contributed by atoms with E-state index in [1.165, 1.54) is 18.2 Å². The fourth-order valence-corrected chi connectivity index (χ4v) is 5.77. The van der Waals surface area contributed by atoms with Crippen LogP contribution in [0.4, 0.5) is 5.69 Å². The van der Waals surface area contributed by atoms with Crippen LogP contribution in [0, 0.1) is 10.1 Å². The lowest BCUT2D eigenvalue weighted by Gasteiger charge is -2.30. The Balaban J connectivity index is 1.25. The van der Waals surface area contributed by atoms with Crippen LogP contribution in [-0.4, -0.2) is 62.2 Å². The number of carbonyl (C=O) groups is 3. The summed E-state index contributed by atoms with van der Waals surface area (Å²) in [4.78, 5) is 62.1. The van der Waals surface area contributed by atoms with Crippen LogP contribution in [-0.2, 0) is 35.0 Å². The van der Waals surface area contributed by atoms with Gasteiger partial charge in [0, 0.05) is 54.7 Å². The van der Waals surface area contributed by atoms with Crippen LogP contribution in [0.3, 0.4) is 0 Å². The predicted octanol–water partition coefficient (Wildman–Crippen LogP) is 4.67. The summed E-state index contributed by atoms with van der Waals surface area (Å²) in [5.41, 5.74) is 3.13. The standard InChI is InChI=1S/C35H36N6O8/c1-4-47-34(43)31-22(2)39-23(3)32(33(31)26-6-5-7-27(19-26)41(45)46)35(44)49-17-16-48-30(42)20-28(40-15-14-36-21-40)25-10-8-24(9-11-25)18-29-37-12-13-38-29/h5-15,19,21,28,33,39H,4,16-18,20H2,1-3H3,(H,37,38). The lowest BCUT2D eigenvalue weighted by atomic mass is 9.80. The Morgan fingerprint density at radius 3 is 2.33 bits per heavy atom. The van der Waals surface area contributed by atoms with Gasteiger partial charge in [0.15, 0.2) is 0 Å². The number of rotatable bonds is 14. The zero-order valence-corrected chi connectivity index (χ0v) is 27.3. The van der Waals surface area contributed by atoms with Gasteiger partial charge in [-0.1, -0.05) is 36.4 Å². The summed E-state index contributed by atoms with van der Waals surface area (Å²) >= 11 is 0. The van der Waals surface area contributed by atoms with E-state index < -0.39 is 28.7 Å². The molecule has 0 spiro atoms. The lowest BCUT2D eigenvalue weighted by molar-refractivity contribution is -0.384. The minimum atomic E-state index is -1.00. The maximum Gasteiger partial charge on any atom is 0.336 e. The van der Waals surface area contributed by atoms with Crippen molar-refractivity contribution in [3.63, 3.8) is 0 Å². The Hall–Kier alpha value is -6.05.